The Labute approximate surface area is 172 Å². The highest BCUT2D eigenvalue weighted by molar-refractivity contribution is 7.99. The lowest BCUT2D eigenvalue weighted by Gasteiger charge is -2.22. The van der Waals surface area contributed by atoms with Crippen molar-refractivity contribution in [3.8, 4) is 5.75 Å². The van der Waals surface area contributed by atoms with Crippen LogP contribution in [0.4, 0.5) is 21.5 Å². The molecule has 1 amide bonds. The first kappa shape index (κ1) is 20.9. The zero-order valence-electron chi connectivity index (χ0n) is 16.0. The summed E-state index contributed by atoms with van der Waals surface area (Å²) in [6.45, 7) is 1.69. The fraction of sp³-hybridized carbons (Fsp3) is 0.350. The van der Waals surface area contributed by atoms with Crippen LogP contribution in [0.3, 0.4) is 0 Å². The summed E-state index contributed by atoms with van der Waals surface area (Å²) < 4.78 is 19.3. The van der Waals surface area contributed by atoms with Crippen LogP contribution in [0.25, 0.3) is 0 Å². The van der Waals surface area contributed by atoms with Crippen LogP contribution in [0, 0.1) is 15.9 Å². The van der Waals surface area contributed by atoms with Crippen molar-refractivity contribution in [3.63, 3.8) is 0 Å². The van der Waals surface area contributed by atoms with Gasteiger partial charge in [0.25, 0.3) is 0 Å². The lowest BCUT2D eigenvalue weighted by Crippen LogP contribution is -2.22. The highest BCUT2D eigenvalue weighted by Crippen LogP contribution is 2.32. The average molecular weight is 419 g/mol. The van der Waals surface area contributed by atoms with Gasteiger partial charge >= 0.3 is 5.69 Å². The predicted molar refractivity (Wildman–Crippen MR) is 112 cm³/mol. The van der Waals surface area contributed by atoms with Gasteiger partial charge in [-0.2, -0.15) is 0 Å². The molecular weight excluding hydrogens is 397 g/mol. The molecule has 2 aromatic carbocycles. The average Bonchev–Trinajstić information content (AvgIpc) is 3.24. The molecule has 1 aliphatic heterocycles. The fourth-order valence-electron chi connectivity index (χ4n) is 3.26. The number of nitro benzene ring substituents is 1. The molecule has 0 aromatic heterocycles. The van der Waals surface area contributed by atoms with Crippen molar-refractivity contribution >= 4 is 34.7 Å². The topological polar surface area (TPSA) is 84.7 Å². The molecule has 0 atom stereocenters. The normalized spacial score (nSPS) is 13.4. The molecule has 29 heavy (non-hydrogen) atoms. The van der Waals surface area contributed by atoms with Gasteiger partial charge < -0.3 is 15.0 Å². The van der Waals surface area contributed by atoms with Gasteiger partial charge in [-0.15, -0.1) is 11.8 Å². The summed E-state index contributed by atoms with van der Waals surface area (Å²) in [5.41, 5.74) is 1.50. The zero-order valence-corrected chi connectivity index (χ0v) is 16.8. The summed E-state index contributed by atoms with van der Waals surface area (Å²) in [6.07, 6.45) is 2.10. The van der Waals surface area contributed by atoms with Gasteiger partial charge in [-0.3, -0.25) is 14.9 Å². The Morgan fingerprint density at radius 3 is 2.76 bits per heavy atom. The van der Waals surface area contributed by atoms with E-state index >= 15 is 0 Å². The van der Waals surface area contributed by atoms with Crippen LogP contribution in [0.1, 0.15) is 18.4 Å². The first-order valence-corrected chi connectivity index (χ1v) is 10.4. The van der Waals surface area contributed by atoms with E-state index in [1.807, 2.05) is 6.07 Å². The number of halogens is 1. The monoisotopic (exact) mass is 419 g/mol. The third kappa shape index (κ3) is 5.17. The Balaban J connectivity index is 1.60. The number of benzene rings is 2. The summed E-state index contributed by atoms with van der Waals surface area (Å²) in [4.78, 5) is 25.0. The third-order valence-corrected chi connectivity index (χ3v) is 5.65. The van der Waals surface area contributed by atoms with Crippen LogP contribution in [0.2, 0.25) is 0 Å². The SMILES string of the molecule is COc1ccc(CSCC(=O)Nc2c(F)cccc2N2CCCC2)cc1[N+](=O)[O-]. The molecule has 1 fully saturated rings. The number of methoxy groups -OCH3 is 1. The minimum absolute atomic E-state index is 0.105. The molecule has 0 saturated carbocycles. The van der Waals surface area contributed by atoms with E-state index in [-0.39, 0.29) is 28.8 Å². The number of hydrogen-bond donors (Lipinski definition) is 1. The number of nitrogens with one attached hydrogen (secondary N) is 1. The Morgan fingerprint density at radius 1 is 1.31 bits per heavy atom. The van der Waals surface area contributed by atoms with Crippen LogP contribution in [-0.2, 0) is 10.5 Å². The molecule has 0 bridgehead atoms. The number of carbonyl (C=O) groups excluding carboxylic acids is 1. The first-order chi connectivity index (χ1) is 14.0. The summed E-state index contributed by atoms with van der Waals surface area (Å²) >= 11 is 1.30. The van der Waals surface area contributed by atoms with Crippen molar-refractivity contribution in [2.24, 2.45) is 0 Å². The number of rotatable bonds is 8. The highest BCUT2D eigenvalue weighted by Gasteiger charge is 2.20. The van der Waals surface area contributed by atoms with Crippen molar-refractivity contribution in [3.05, 3.63) is 57.9 Å². The van der Waals surface area contributed by atoms with E-state index in [2.05, 4.69) is 10.2 Å². The number of carbonyl (C=O) groups is 1. The number of para-hydroxylation sites is 1. The van der Waals surface area contributed by atoms with Crippen LogP contribution < -0.4 is 15.0 Å². The third-order valence-electron chi connectivity index (χ3n) is 4.64. The maximum atomic E-state index is 14.3. The van der Waals surface area contributed by atoms with Gasteiger partial charge in [0.1, 0.15) is 11.5 Å². The fourth-order valence-corrected chi connectivity index (χ4v) is 4.04. The van der Waals surface area contributed by atoms with Gasteiger partial charge in [0.15, 0.2) is 5.75 Å². The molecule has 1 aliphatic rings. The summed E-state index contributed by atoms with van der Waals surface area (Å²) in [7, 11) is 1.38. The molecule has 0 aliphatic carbocycles. The number of thioether (sulfide) groups is 1. The second-order valence-corrected chi connectivity index (χ2v) is 7.62. The summed E-state index contributed by atoms with van der Waals surface area (Å²) in [5.74, 6) is -0.0696. The van der Waals surface area contributed by atoms with Gasteiger partial charge in [0, 0.05) is 24.9 Å². The van der Waals surface area contributed by atoms with Crippen LogP contribution in [0.5, 0.6) is 5.75 Å². The predicted octanol–water partition coefficient (Wildman–Crippen LogP) is 4.21. The molecule has 0 radical (unpaired) electrons. The molecule has 154 valence electrons. The largest absolute Gasteiger partial charge is 0.490 e. The lowest BCUT2D eigenvalue weighted by atomic mass is 10.2. The number of nitro groups is 1. The number of anilines is 2. The van der Waals surface area contributed by atoms with Gasteiger partial charge in [-0.1, -0.05) is 12.1 Å². The van der Waals surface area contributed by atoms with E-state index in [1.165, 1.54) is 37.1 Å². The van der Waals surface area contributed by atoms with Crippen molar-refractivity contribution in [1.29, 1.82) is 0 Å². The van der Waals surface area contributed by atoms with E-state index in [1.54, 1.807) is 12.1 Å². The van der Waals surface area contributed by atoms with E-state index in [0.29, 0.717) is 17.0 Å². The molecule has 1 saturated heterocycles. The number of ether oxygens (including phenoxy) is 1. The lowest BCUT2D eigenvalue weighted by molar-refractivity contribution is -0.385. The van der Waals surface area contributed by atoms with E-state index < -0.39 is 10.7 Å². The summed E-state index contributed by atoms with van der Waals surface area (Å²) in [5, 5.41) is 13.8. The molecule has 3 rings (SSSR count). The van der Waals surface area contributed by atoms with E-state index in [9.17, 15) is 19.3 Å². The Kier molecular flexibility index (Phi) is 6.92. The van der Waals surface area contributed by atoms with E-state index in [4.69, 9.17) is 4.74 Å². The first-order valence-electron chi connectivity index (χ1n) is 9.22. The van der Waals surface area contributed by atoms with Crippen LogP contribution >= 0.6 is 11.8 Å². The minimum atomic E-state index is -0.502. The van der Waals surface area contributed by atoms with Crippen molar-refractivity contribution in [2.75, 3.05) is 36.2 Å². The molecule has 7 nitrogen and oxygen atoms in total. The van der Waals surface area contributed by atoms with Gasteiger partial charge in [-0.05, 0) is 36.6 Å². The maximum Gasteiger partial charge on any atom is 0.311 e. The highest BCUT2D eigenvalue weighted by atomic mass is 32.2. The smallest absolute Gasteiger partial charge is 0.311 e. The molecular formula is C20H22FN3O4S. The van der Waals surface area contributed by atoms with Gasteiger partial charge in [0.05, 0.1) is 23.5 Å². The molecule has 9 heteroatoms. The second-order valence-electron chi connectivity index (χ2n) is 6.63. The molecule has 0 spiro atoms. The second kappa shape index (κ2) is 9.60. The number of nitrogens with zero attached hydrogens (tertiary/aromatic N) is 2. The maximum absolute atomic E-state index is 14.3. The molecule has 0 unspecified atom stereocenters. The minimum Gasteiger partial charge on any atom is -0.490 e. The van der Waals surface area contributed by atoms with Crippen molar-refractivity contribution in [1.82, 2.24) is 0 Å². The van der Waals surface area contributed by atoms with Gasteiger partial charge in [0.2, 0.25) is 5.91 Å². The Bertz CT molecular complexity index is 903. The summed E-state index contributed by atoms with van der Waals surface area (Å²) in [6, 6.07) is 9.48. The van der Waals surface area contributed by atoms with Crippen LogP contribution in [-0.4, -0.2) is 36.8 Å². The van der Waals surface area contributed by atoms with Crippen molar-refractivity contribution < 1.29 is 18.8 Å². The Hall–Kier alpha value is -2.81. The Morgan fingerprint density at radius 2 is 2.07 bits per heavy atom. The number of amides is 1. The molecule has 2 aromatic rings. The standard InChI is InChI=1S/C20H22FN3O4S/c1-28-18-8-7-14(11-17(18)24(26)27)12-29-13-19(25)22-20-15(21)5-4-6-16(20)23-9-2-3-10-23/h4-8,11H,2-3,9-10,12-13H2,1H3,(H,22,25). The molecule has 1 N–H and O–H groups in total. The quantitative estimate of drug-likeness (QED) is 0.510. The molecule has 1 heterocycles. The zero-order chi connectivity index (χ0) is 20.8. The van der Waals surface area contributed by atoms with Crippen molar-refractivity contribution in [2.45, 2.75) is 18.6 Å². The van der Waals surface area contributed by atoms with Gasteiger partial charge in [-0.25, -0.2) is 4.39 Å². The number of hydrogen-bond acceptors (Lipinski definition) is 6. The van der Waals surface area contributed by atoms with Crippen LogP contribution in [0.15, 0.2) is 36.4 Å². The van der Waals surface area contributed by atoms with E-state index in [0.717, 1.165) is 25.9 Å².